The van der Waals surface area contributed by atoms with Crippen LogP contribution in [0.2, 0.25) is 0 Å². The maximum atomic E-state index is 12.0. The van der Waals surface area contributed by atoms with Crippen molar-refractivity contribution in [3.05, 3.63) is 53.7 Å². The van der Waals surface area contributed by atoms with E-state index in [-0.39, 0.29) is 23.9 Å². The van der Waals surface area contributed by atoms with E-state index in [2.05, 4.69) is 25.4 Å². The van der Waals surface area contributed by atoms with Gasteiger partial charge in [0.15, 0.2) is 17.1 Å². The SMILES string of the molecule is Cn1cc(Nc2ncc(C3CN(c4nc5ccc(CC(=O)O)cc5o4)C3)nc2C(N)=O)cn1. The van der Waals surface area contributed by atoms with Gasteiger partial charge in [0.25, 0.3) is 11.9 Å². The van der Waals surface area contributed by atoms with Crippen LogP contribution in [0.4, 0.5) is 17.5 Å². The lowest BCUT2D eigenvalue weighted by molar-refractivity contribution is -0.136. The minimum absolute atomic E-state index is 0.0284. The fourth-order valence-corrected chi connectivity index (χ4v) is 3.68. The highest BCUT2D eigenvalue weighted by Crippen LogP contribution is 2.33. The van der Waals surface area contributed by atoms with Crippen LogP contribution in [0.25, 0.3) is 11.1 Å². The first-order chi connectivity index (χ1) is 15.9. The van der Waals surface area contributed by atoms with E-state index >= 15 is 0 Å². The Labute approximate surface area is 187 Å². The van der Waals surface area contributed by atoms with Crippen molar-refractivity contribution in [1.29, 1.82) is 0 Å². The van der Waals surface area contributed by atoms with E-state index in [1.165, 1.54) is 0 Å². The number of carbonyl (C=O) groups is 2. The molecule has 0 spiro atoms. The van der Waals surface area contributed by atoms with Gasteiger partial charge in [-0.25, -0.2) is 9.97 Å². The summed E-state index contributed by atoms with van der Waals surface area (Å²) in [5.74, 6) is -1.28. The van der Waals surface area contributed by atoms with Crippen LogP contribution in [0, 0.1) is 0 Å². The molecule has 4 aromatic rings. The average Bonchev–Trinajstić information content (AvgIpc) is 3.32. The van der Waals surface area contributed by atoms with E-state index in [0.717, 1.165) is 0 Å². The summed E-state index contributed by atoms with van der Waals surface area (Å²) < 4.78 is 7.44. The lowest BCUT2D eigenvalue weighted by atomic mass is 9.97. The fourth-order valence-electron chi connectivity index (χ4n) is 3.68. The fraction of sp³-hybridized carbons (Fsp3) is 0.238. The number of primary amides is 1. The molecule has 1 aromatic carbocycles. The van der Waals surface area contributed by atoms with Crippen molar-refractivity contribution < 1.29 is 19.1 Å². The van der Waals surface area contributed by atoms with E-state index in [0.29, 0.717) is 47.1 Å². The summed E-state index contributed by atoms with van der Waals surface area (Å²) in [5.41, 5.74) is 8.74. The highest BCUT2D eigenvalue weighted by molar-refractivity contribution is 5.96. The summed E-state index contributed by atoms with van der Waals surface area (Å²) in [6.45, 7) is 1.16. The molecule has 0 aliphatic carbocycles. The number of aromatic nitrogens is 5. The minimum Gasteiger partial charge on any atom is -0.481 e. The Morgan fingerprint density at radius 2 is 2.09 bits per heavy atom. The van der Waals surface area contributed by atoms with Gasteiger partial charge in [-0.2, -0.15) is 10.1 Å². The van der Waals surface area contributed by atoms with Crippen molar-refractivity contribution in [1.82, 2.24) is 24.7 Å². The van der Waals surface area contributed by atoms with Crippen molar-refractivity contribution >= 4 is 40.5 Å². The zero-order valence-corrected chi connectivity index (χ0v) is 17.6. The molecule has 3 aromatic heterocycles. The summed E-state index contributed by atoms with van der Waals surface area (Å²) in [6.07, 6.45) is 4.89. The Kier molecular flexibility index (Phi) is 4.89. The van der Waals surface area contributed by atoms with Gasteiger partial charge in [0.1, 0.15) is 5.52 Å². The van der Waals surface area contributed by atoms with Crippen LogP contribution in [0.1, 0.15) is 27.7 Å². The molecule has 5 rings (SSSR count). The third-order valence-electron chi connectivity index (χ3n) is 5.36. The number of fused-ring (bicyclic) bond motifs is 1. The Bertz CT molecular complexity index is 1370. The number of nitrogens with one attached hydrogen (secondary N) is 1. The monoisotopic (exact) mass is 448 g/mol. The molecule has 4 heterocycles. The van der Waals surface area contributed by atoms with Crippen LogP contribution >= 0.6 is 0 Å². The van der Waals surface area contributed by atoms with Gasteiger partial charge in [0.2, 0.25) is 0 Å². The molecule has 12 nitrogen and oxygen atoms in total. The predicted molar refractivity (Wildman–Crippen MR) is 117 cm³/mol. The van der Waals surface area contributed by atoms with Crippen LogP contribution < -0.4 is 16.0 Å². The average molecular weight is 448 g/mol. The lowest BCUT2D eigenvalue weighted by Gasteiger charge is -2.37. The summed E-state index contributed by atoms with van der Waals surface area (Å²) in [7, 11) is 1.78. The summed E-state index contributed by atoms with van der Waals surface area (Å²) in [6, 6.07) is 5.61. The topological polar surface area (TPSA) is 165 Å². The zero-order chi connectivity index (χ0) is 23.1. The third-order valence-corrected chi connectivity index (χ3v) is 5.36. The number of benzene rings is 1. The summed E-state index contributed by atoms with van der Waals surface area (Å²) in [4.78, 5) is 38.1. The highest BCUT2D eigenvalue weighted by atomic mass is 16.4. The van der Waals surface area contributed by atoms with Gasteiger partial charge >= 0.3 is 5.97 Å². The molecule has 1 fully saturated rings. The van der Waals surface area contributed by atoms with E-state index < -0.39 is 11.9 Å². The quantitative estimate of drug-likeness (QED) is 0.376. The van der Waals surface area contributed by atoms with E-state index in [9.17, 15) is 9.59 Å². The molecule has 0 radical (unpaired) electrons. The van der Waals surface area contributed by atoms with Crippen LogP contribution in [0.5, 0.6) is 0 Å². The summed E-state index contributed by atoms with van der Waals surface area (Å²) >= 11 is 0. The number of aryl methyl sites for hydroxylation is 1. The van der Waals surface area contributed by atoms with Gasteiger partial charge in [-0.1, -0.05) is 6.07 Å². The molecule has 33 heavy (non-hydrogen) atoms. The minimum atomic E-state index is -0.905. The molecule has 1 amide bonds. The first kappa shape index (κ1) is 20.4. The molecule has 0 saturated carbocycles. The number of carboxylic acid groups (broad SMARTS) is 1. The number of aliphatic carboxylic acids is 1. The van der Waals surface area contributed by atoms with Crippen LogP contribution in [-0.2, 0) is 18.3 Å². The van der Waals surface area contributed by atoms with Gasteiger partial charge < -0.3 is 25.5 Å². The number of oxazole rings is 1. The Morgan fingerprint density at radius 1 is 1.27 bits per heavy atom. The number of carbonyl (C=O) groups excluding carboxylic acids is 1. The van der Waals surface area contributed by atoms with Crippen molar-refractivity contribution in [2.24, 2.45) is 12.8 Å². The Morgan fingerprint density at radius 3 is 2.79 bits per heavy atom. The second kappa shape index (κ2) is 7.89. The normalized spacial score (nSPS) is 13.8. The second-order valence-corrected chi connectivity index (χ2v) is 7.85. The molecule has 1 aliphatic rings. The molecule has 4 N–H and O–H groups in total. The Hall–Kier alpha value is -4.48. The lowest BCUT2D eigenvalue weighted by Crippen LogP contribution is -2.45. The van der Waals surface area contributed by atoms with Crippen molar-refractivity contribution in [3.8, 4) is 0 Å². The molecule has 1 aliphatic heterocycles. The number of rotatable bonds is 7. The molecule has 168 valence electrons. The maximum absolute atomic E-state index is 12.0. The number of amides is 1. The number of carboxylic acids is 1. The molecular formula is C21H20N8O4. The van der Waals surface area contributed by atoms with Gasteiger partial charge in [-0.05, 0) is 17.7 Å². The van der Waals surface area contributed by atoms with Crippen LogP contribution in [0.3, 0.4) is 0 Å². The van der Waals surface area contributed by atoms with Crippen molar-refractivity contribution in [2.75, 3.05) is 23.3 Å². The number of anilines is 3. The number of nitrogens with two attached hydrogens (primary N) is 1. The van der Waals surface area contributed by atoms with Crippen molar-refractivity contribution in [2.45, 2.75) is 12.3 Å². The number of nitrogens with zero attached hydrogens (tertiary/aromatic N) is 6. The maximum Gasteiger partial charge on any atom is 0.307 e. The smallest absolute Gasteiger partial charge is 0.307 e. The standard InChI is InChI=1S/C21H20N8O4/c1-28-10-13(6-24-28)25-20-18(19(22)32)26-15(7-23-20)12-8-29(9-12)21-27-14-3-2-11(5-17(30)31)4-16(14)33-21/h2-4,6-7,10,12H,5,8-9H2,1H3,(H2,22,32)(H,23,25)(H,30,31). The van der Waals surface area contributed by atoms with Gasteiger partial charge in [0, 0.05) is 32.3 Å². The number of hydrogen-bond donors (Lipinski definition) is 3. The first-order valence-electron chi connectivity index (χ1n) is 10.1. The number of hydrogen-bond acceptors (Lipinski definition) is 9. The van der Waals surface area contributed by atoms with Crippen LogP contribution in [0.15, 0.2) is 41.2 Å². The Balaban J connectivity index is 1.30. The second-order valence-electron chi connectivity index (χ2n) is 7.85. The molecule has 0 bridgehead atoms. The van der Waals surface area contributed by atoms with Crippen LogP contribution in [-0.4, -0.2) is 54.8 Å². The largest absolute Gasteiger partial charge is 0.481 e. The van der Waals surface area contributed by atoms with E-state index in [1.54, 1.807) is 48.5 Å². The van der Waals surface area contributed by atoms with Gasteiger partial charge in [-0.15, -0.1) is 0 Å². The molecule has 1 saturated heterocycles. The molecule has 0 atom stereocenters. The van der Waals surface area contributed by atoms with Gasteiger partial charge in [-0.3, -0.25) is 14.3 Å². The predicted octanol–water partition coefficient (Wildman–Crippen LogP) is 1.42. The van der Waals surface area contributed by atoms with Crippen molar-refractivity contribution in [3.63, 3.8) is 0 Å². The molecule has 12 heteroatoms. The first-order valence-corrected chi connectivity index (χ1v) is 10.1. The third kappa shape index (κ3) is 4.05. The van der Waals surface area contributed by atoms with Gasteiger partial charge in [0.05, 0.1) is 30.2 Å². The highest BCUT2D eigenvalue weighted by Gasteiger charge is 2.33. The van der Waals surface area contributed by atoms with E-state index in [1.807, 2.05) is 4.90 Å². The molecular weight excluding hydrogens is 428 g/mol. The molecule has 0 unspecified atom stereocenters. The van der Waals surface area contributed by atoms with E-state index in [4.69, 9.17) is 15.3 Å². The zero-order valence-electron chi connectivity index (χ0n) is 17.6. The summed E-state index contributed by atoms with van der Waals surface area (Å²) in [5, 5.41) is 16.0.